The van der Waals surface area contributed by atoms with Gasteiger partial charge in [0.15, 0.2) is 17.8 Å². The predicted molar refractivity (Wildman–Crippen MR) is 98.3 cm³/mol. The fourth-order valence-corrected chi connectivity index (χ4v) is 2.68. The van der Waals surface area contributed by atoms with E-state index < -0.39 is 17.2 Å². The van der Waals surface area contributed by atoms with Gasteiger partial charge in [-0.25, -0.2) is 9.78 Å². The second kappa shape index (κ2) is 9.15. The summed E-state index contributed by atoms with van der Waals surface area (Å²) < 4.78 is 8.43. The molecular formula is C17H25N5O5. The van der Waals surface area contributed by atoms with Gasteiger partial charge in [0.25, 0.3) is 11.5 Å². The average molecular weight is 379 g/mol. The second-order valence-corrected chi connectivity index (χ2v) is 6.32. The highest BCUT2D eigenvalue weighted by Gasteiger charge is 2.16. The van der Waals surface area contributed by atoms with Crippen LogP contribution in [0.1, 0.15) is 32.6 Å². The van der Waals surface area contributed by atoms with Crippen LogP contribution in [0, 0.1) is 0 Å². The summed E-state index contributed by atoms with van der Waals surface area (Å²) in [6, 6.07) is 0. The number of unbranched alkanes of at least 4 members (excludes halogenated alkanes) is 3. The first-order valence-electron chi connectivity index (χ1n) is 8.90. The van der Waals surface area contributed by atoms with Crippen LogP contribution in [0.5, 0.6) is 0 Å². The summed E-state index contributed by atoms with van der Waals surface area (Å²) in [7, 11) is 2.84. The van der Waals surface area contributed by atoms with Gasteiger partial charge >= 0.3 is 11.7 Å². The van der Waals surface area contributed by atoms with Crippen molar-refractivity contribution in [3.05, 3.63) is 27.2 Å². The molecule has 2 aromatic rings. The Morgan fingerprint density at radius 1 is 1.15 bits per heavy atom. The number of carbonyl (C=O) groups is 2. The van der Waals surface area contributed by atoms with Crippen molar-refractivity contribution in [1.29, 1.82) is 0 Å². The number of carbonyl (C=O) groups excluding carboxylic acids is 2. The van der Waals surface area contributed by atoms with Crippen molar-refractivity contribution in [3.8, 4) is 0 Å². The summed E-state index contributed by atoms with van der Waals surface area (Å²) >= 11 is 0. The van der Waals surface area contributed by atoms with Crippen LogP contribution in [0.4, 0.5) is 0 Å². The van der Waals surface area contributed by atoms with Gasteiger partial charge in [0.05, 0.1) is 6.33 Å². The lowest BCUT2D eigenvalue weighted by Gasteiger charge is -2.08. The number of nitrogens with zero attached hydrogens (tertiary/aromatic N) is 4. The zero-order valence-electron chi connectivity index (χ0n) is 15.9. The van der Waals surface area contributed by atoms with E-state index in [0.717, 1.165) is 30.3 Å². The molecular weight excluding hydrogens is 354 g/mol. The largest absolute Gasteiger partial charge is 0.454 e. The Morgan fingerprint density at radius 2 is 1.89 bits per heavy atom. The van der Waals surface area contributed by atoms with Crippen molar-refractivity contribution < 1.29 is 14.3 Å². The monoisotopic (exact) mass is 379 g/mol. The topological polar surface area (TPSA) is 117 Å². The molecule has 0 fully saturated rings. The fourth-order valence-electron chi connectivity index (χ4n) is 2.68. The number of nitrogens with one attached hydrogen (secondary N) is 1. The Kier molecular flexibility index (Phi) is 6.91. The van der Waals surface area contributed by atoms with Gasteiger partial charge in [0.2, 0.25) is 0 Å². The summed E-state index contributed by atoms with van der Waals surface area (Å²) in [6.07, 6.45) is 5.46. The Hall–Kier alpha value is -2.91. The molecule has 0 radical (unpaired) electrons. The maximum atomic E-state index is 12.3. The third kappa shape index (κ3) is 4.83. The summed E-state index contributed by atoms with van der Waals surface area (Å²) in [4.78, 5) is 51.9. The molecule has 10 nitrogen and oxygen atoms in total. The summed E-state index contributed by atoms with van der Waals surface area (Å²) in [5.74, 6) is -1.04. The van der Waals surface area contributed by atoms with Crippen LogP contribution in [0.3, 0.4) is 0 Å². The number of hydrogen-bond donors (Lipinski definition) is 1. The minimum Gasteiger partial charge on any atom is -0.454 e. The number of hydrogen-bond acceptors (Lipinski definition) is 6. The normalized spacial score (nSPS) is 10.9. The first kappa shape index (κ1) is 20.4. The molecule has 0 saturated carbocycles. The van der Waals surface area contributed by atoms with Gasteiger partial charge in [-0.1, -0.05) is 26.2 Å². The van der Waals surface area contributed by atoms with E-state index in [4.69, 9.17) is 4.74 Å². The Balaban J connectivity index is 1.94. The summed E-state index contributed by atoms with van der Waals surface area (Å²) in [5, 5.41) is 2.69. The van der Waals surface area contributed by atoms with Crippen molar-refractivity contribution in [3.63, 3.8) is 0 Å². The van der Waals surface area contributed by atoms with Crippen LogP contribution in [-0.4, -0.2) is 43.7 Å². The highest BCUT2D eigenvalue weighted by Crippen LogP contribution is 2.05. The first-order valence-corrected chi connectivity index (χ1v) is 8.90. The predicted octanol–water partition coefficient (Wildman–Crippen LogP) is -0.327. The molecule has 27 heavy (non-hydrogen) atoms. The van der Waals surface area contributed by atoms with E-state index in [0.29, 0.717) is 6.54 Å². The molecule has 2 heterocycles. The molecule has 148 valence electrons. The minimum atomic E-state index is -0.675. The highest BCUT2D eigenvalue weighted by molar-refractivity contribution is 5.81. The van der Waals surface area contributed by atoms with Crippen LogP contribution in [0.25, 0.3) is 11.2 Å². The number of aromatic nitrogens is 4. The summed E-state index contributed by atoms with van der Waals surface area (Å²) in [5.41, 5.74) is -0.753. The number of rotatable bonds is 9. The molecule has 0 aromatic carbocycles. The smallest absolute Gasteiger partial charge is 0.332 e. The maximum absolute atomic E-state index is 12.3. The van der Waals surface area contributed by atoms with Gasteiger partial charge in [-0.3, -0.25) is 23.5 Å². The molecule has 0 aliphatic heterocycles. The molecule has 1 amide bonds. The lowest BCUT2D eigenvalue weighted by Crippen LogP contribution is -2.37. The molecule has 0 aliphatic carbocycles. The Morgan fingerprint density at radius 3 is 2.59 bits per heavy atom. The molecule has 1 N–H and O–H groups in total. The maximum Gasteiger partial charge on any atom is 0.332 e. The van der Waals surface area contributed by atoms with Crippen molar-refractivity contribution in [2.45, 2.75) is 39.2 Å². The molecule has 10 heteroatoms. The number of aryl methyl sites for hydroxylation is 1. The quantitative estimate of drug-likeness (QED) is 0.471. The molecule has 0 atom stereocenters. The third-order valence-electron chi connectivity index (χ3n) is 4.23. The van der Waals surface area contributed by atoms with Crippen molar-refractivity contribution in [1.82, 2.24) is 24.0 Å². The number of fused-ring (bicyclic) bond motifs is 1. The van der Waals surface area contributed by atoms with E-state index in [1.165, 1.54) is 29.6 Å². The van der Waals surface area contributed by atoms with Crippen LogP contribution >= 0.6 is 0 Å². The van der Waals surface area contributed by atoms with Crippen LogP contribution < -0.4 is 16.6 Å². The molecule has 0 spiro atoms. The molecule has 0 saturated heterocycles. The number of esters is 1. The average Bonchev–Trinajstić information content (AvgIpc) is 3.06. The third-order valence-corrected chi connectivity index (χ3v) is 4.23. The minimum absolute atomic E-state index is 0.122. The van der Waals surface area contributed by atoms with Crippen LogP contribution in [0.15, 0.2) is 15.9 Å². The van der Waals surface area contributed by atoms with E-state index in [-0.39, 0.29) is 30.2 Å². The van der Waals surface area contributed by atoms with Crippen LogP contribution in [-0.2, 0) is 35.0 Å². The SMILES string of the molecule is CCCCCCNC(=O)COC(=O)Cn1cnc2c1c(=O)n(C)c(=O)n2C. The summed E-state index contributed by atoms with van der Waals surface area (Å²) in [6.45, 7) is 1.99. The standard InChI is InChI=1S/C17H25N5O5/c1-4-5-6-7-8-18-12(23)10-27-13(24)9-22-11-19-15-14(22)16(25)21(3)17(26)20(15)2/h11H,4-10H2,1-3H3,(H,18,23). The van der Waals surface area contributed by atoms with E-state index in [1.54, 1.807) is 0 Å². The molecule has 0 unspecified atom stereocenters. The van der Waals surface area contributed by atoms with Gasteiger partial charge in [0, 0.05) is 20.6 Å². The second-order valence-electron chi connectivity index (χ2n) is 6.32. The van der Waals surface area contributed by atoms with E-state index in [9.17, 15) is 19.2 Å². The zero-order valence-corrected chi connectivity index (χ0v) is 15.9. The van der Waals surface area contributed by atoms with Crippen molar-refractivity contribution in [2.24, 2.45) is 14.1 Å². The molecule has 2 rings (SSSR count). The van der Waals surface area contributed by atoms with Crippen molar-refractivity contribution >= 4 is 23.0 Å². The Labute approximate surface area is 155 Å². The van der Waals surface area contributed by atoms with Gasteiger partial charge in [-0.15, -0.1) is 0 Å². The van der Waals surface area contributed by atoms with Gasteiger partial charge < -0.3 is 14.6 Å². The van der Waals surface area contributed by atoms with Crippen LogP contribution in [0.2, 0.25) is 0 Å². The number of imidazole rings is 1. The van der Waals surface area contributed by atoms with Gasteiger partial charge in [-0.05, 0) is 6.42 Å². The molecule has 2 aromatic heterocycles. The number of amides is 1. The highest BCUT2D eigenvalue weighted by atomic mass is 16.5. The lowest BCUT2D eigenvalue weighted by molar-refractivity contribution is -0.149. The Bertz CT molecular complexity index is 940. The van der Waals surface area contributed by atoms with Gasteiger partial charge in [0.1, 0.15) is 6.54 Å². The first-order chi connectivity index (χ1) is 12.9. The van der Waals surface area contributed by atoms with E-state index in [1.807, 2.05) is 0 Å². The zero-order chi connectivity index (χ0) is 20.0. The molecule has 0 bridgehead atoms. The van der Waals surface area contributed by atoms with E-state index >= 15 is 0 Å². The van der Waals surface area contributed by atoms with Gasteiger partial charge in [-0.2, -0.15) is 0 Å². The van der Waals surface area contributed by atoms with E-state index in [2.05, 4.69) is 17.2 Å². The fraction of sp³-hybridized carbons (Fsp3) is 0.588. The lowest BCUT2D eigenvalue weighted by atomic mass is 10.2. The number of ether oxygens (including phenoxy) is 1. The molecule has 0 aliphatic rings. The van der Waals surface area contributed by atoms with Crippen molar-refractivity contribution in [2.75, 3.05) is 13.2 Å².